The summed E-state index contributed by atoms with van der Waals surface area (Å²) in [5, 5.41) is 26.9. The Kier molecular flexibility index (Phi) is 9.44. The highest BCUT2D eigenvalue weighted by atomic mass is 16.3. The molecule has 0 bridgehead atoms. The molecule has 6 nitrogen and oxygen atoms in total. The fourth-order valence-corrected chi connectivity index (χ4v) is 11.7. The summed E-state index contributed by atoms with van der Waals surface area (Å²) in [6.45, 7) is 0. The maximum atomic E-state index is 10.4. The van der Waals surface area contributed by atoms with E-state index in [2.05, 4.69) is 192 Å². The first-order chi connectivity index (χ1) is 36.1. The predicted octanol–water partition coefficient (Wildman–Crippen LogP) is 17.7. The molecule has 11 aromatic carbocycles. The molecule has 0 atom stereocenters. The fourth-order valence-electron chi connectivity index (χ4n) is 11.7. The number of furan rings is 2. The number of hydrogen-bond donors (Lipinski definition) is 0. The van der Waals surface area contributed by atoms with Crippen molar-refractivity contribution >= 4 is 88.8 Å². The number of fused-ring (bicyclic) bond motifs is 11. The van der Waals surface area contributed by atoms with Gasteiger partial charge in [0.1, 0.15) is 11.2 Å². The highest BCUT2D eigenvalue weighted by Crippen LogP contribution is 2.61. The molecule has 0 N–H and O–H groups in total. The molecule has 0 saturated heterocycles. The molecule has 0 aliphatic heterocycles. The summed E-state index contributed by atoms with van der Waals surface area (Å²) in [5.41, 5.74) is 15.2. The number of nitrogens with zero attached hydrogens (tertiary/aromatic N) is 4. The van der Waals surface area contributed by atoms with Crippen molar-refractivity contribution in [3.8, 4) is 23.3 Å². The molecule has 6 heteroatoms. The van der Waals surface area contributed by atoms with Gasteiger partial charge in [0, 0.05) is 44.0 Å². The molecule has 14 rings (SSSR count). The quantitative estimate of drug-likeness (QED) is 0.151. The van der Waals surface area contributed by atoms with E-state index in [0.29, 0.717) is 11.1 Å². The molecule has 0 saturated carbocycles. The van der Waals surface area contributed by atoms with Crippen LogP contribution >= 0.6 is 0 Å². The van der Waals surface area contributed by atoms with Gasteiger partial charge in [-0.05, 0) is 118 Å². The van der Waals surface area contributed by atoms with Crippen molar-refractivity contribution in [2.24, 2.45) is 0 Å². The van der Waals surface area contributed by atoms with Crippen LogP contribution in [0.2, 0.25) is 0 Å². The second-order valence-electron chi connectivity index (χ2n) is 18.6. The molecule has 0 amide bonds. The van der Waals surface area contributed by atoms with Gasteiger partial charge in [-0.2, -0.15) is 10.5 Å². The van der Waals surface area contributed by atoms with Crippen molar-refractivity contribution in [1.29, 1.82) is 10.5 Å². The summed E-state index contributed by atoms with van der Waals surface area (Å²) >= 11 is 0. The highest BCUT2D eigenvalue weighted by molar-refractivity contribution is 6.15. The molecule has 2 heterocycles. The first-order valence-corrected chi connectivity index (χ1v) is 24.4. The van der Waals surface area contributed by atoms with Gasteiger partial charge in [0.25, 0.3) is 0 Å². The largest absolute Gasteiger partial charge is 0.454 e. The second-order valence-corrected chi connectivity index (χ2v) is 18.6. The Morgan fingerprint density at radius 2 is 0.808 bits per heavy atom. The monoisotopic (exact) mass is 932 g/mol. The van der Waals surface area contributed by atoms with Crippen LogP contribution in [0.15, 0.2) is 251 Å². The van der Waals surface area contributed by atoms with E-state index in [4.69, 9.17) is 8.83 Å². The zero-order valence-electron chi connectivity index (χ0n) is 39.2. The highest BCUT2D eigenvalue weighted by Gasteiger charge is 2.48. The van der Waals surface area contributed by atoms with Gasteiger partial charge in [0.2, 0.25) is 0 Å². The molecule has 1 aliphatic carbocycles. The first-order valence-electron chi connectivity index (χ1n) is 24.4. The van der Waals surface area contributed by atoms with Crippen LogP contribution in [0, 0.1) is 22.7 Å². The van der Waals surface area contributed by atoms with E-state index in [1.165, 1.54) is 0 Å². The first kappa shape index (κ1) is 41.8. The summed E-state index contributed by atoms with van der Waals surface area (Å²) in [5.74, 6) is 0. The molecule has 1 aliphatic rings. The summed E-state index contributed by atoms with van der Waals surface area (Å²) in [4.78, 5) is 4.51. The molecule has 73 heavy (non-hydrogen) atoms. The topological polar surface area (TPSA) is 80.3 Å². The van der Waals surface area contributed by atoms with Gasteiger partial charge in [-0.3, -0.25) is 0 Å². The Hall–Kier alpha value is -10.1. The summed E-state index contributed by atoms with van der Waals surface area (Å²) in [6, 6.07) is 89.0. The lowest BCUT2D eigenvalue weighted by Crippen LogP contribution is -2.29. The van der Waals surface area contributed by atoms with Crippen molar-refractivity contribution in [3.63, 3.8) is 0 Å². The van der Waals surface area contributed by atoms with E-state index in [1.807, 2.05) is 72.8 Å². The summed E-state index contributed by atoms with van der Waals surface area (Å²) < 4.78 is 13.6. The van der Waals surface area contributed by atoms with Gasteiger partial charge in [-0.1, -0.05) is 164 Å². The molecular formula is C67H40N4O2. The summed E-state index contributed by atoms with van der Waals surface area (Å²) in [7, 11) is 0. The van der Waals surface area contributed by atoms with Crippen molar-refractivity contribution in [1.82, 2.24) is 0 Å². The van der Waals surface area contributed by atoms with E-state index >= 15 is 0 Å². The number of benzene rings is 11. The number of anilines is 6. The lowest BCUT2D eigenvalue weighted by atomic mass is 9.67. The third-order valence-corrected chi connectivity index (χ3v) is 14.7. The van der Waals surface area contributed by atoms with Crippen LogP contribution in [0.4, 0.5) is 34.1 Å². The van der Waals surface area contributed by atoms with Gasteiger partial charge in [-0.25, -0.2) is 0 Å². The minimum absolute atomic E-state index is 0.552. The zero-order chi connectivity index (χ0) is 48.6. The van der Waals surface area contributed by atoms with Gasteiger partial charge in [-0.15, -0.1) is 0 Å². The predicted molar refractivity (Wildman–Crippen MR) is 295 cm³/mol. The number of para-hydroxylation sites is 4. The van der Waals surface area contributed by atoms with Crippen molar-refractivity contribution in [3.05, 3.63) is 276 Å². The Bertz CT molecular complexity index is 4400. The lowest BCUT2D eigenvalue weighted by molar-refractivity contribution is 0.668. The van der Waals surface area contributed by atoms with Crippen LogP contribution in [0.5, 0.6) is 0 Å². The number of nitriles is 2. The Labute approximate surface area is 420 Å². The third-order valence-electron chi connectivity index (χ3n) is 14.7. The minimum Gasteiger partial charge on any atom is -0.454 e. The van der Waals surface area contributed by atoms with Crippen LogP contribution in [0.25, 0.3) is 65.8 Å². The van der Waals surface area contributed by atoms with Crippen LogP contribution in [-0.4, -0.2) is 0 Å². The fraction of sp³-hybridized carbons (Fsp3) is 0.0149. The third kappa shape index (κ3) is 6.28. The van der Waals surface area contributed by atoms with Gasteiger partial charge in [0.15, 0.2) is 11.2 Å². The molecule has 0 radical (unpaired) electrons. The lowest BCUT2D eigenvalue weighted by Gasteiger charge is -2.36. The molecule has 2 aromatic heterocycles. The minimum atomic E-state index is -0.862. The van der Waals surface area contributed by atoms with E-state index in [9.17, 15) is 10.5 Å². The smallest absolute Gasteiger partial charge is 0.159 e. The molecule has 0 spiro atoms. The average Bonchev–Trinajstić information content (AvgIpc) is 4.13. The van der Waals surface area contributed by atoms with Crippen LogP contribution < -0.4 is 9.80 Å². The van der Waals surface area contributed by atoms with E-state index in [0.717, 1.165) is 122 Å². The van der Waals surface area contributed by atoms with Crippen molar-refractivity contribution in [2.75, 3.05) is 9.80 Å². The van der Waals surface area contributed by atoms with Gasteiger partial charge < -0.3 is 18.6 Å². The van der Waals surface area contributed by atoms with Crippen LogP contribution in [-0.2, 0) is 5.41 Å². The normalized spacial score (nSPS) is 12.5. The van der Waals surface area contributed by atoms with Gasteiger partial charge in [0.05, 0.1) is 45.7 Å². The van der Waals surface area contributed by atoms with E-state index in [1.54, 1.807) is 0 Å². The van der Waals surface area contributed by atoms with Crippen LogP contribution in [0.1, 0.15) is 33.4 Å². The molecule has 0 fully saturated rings. The SMILES string of the molecule is N#Cc1cccc(N(c2ccc3c(c2)C(c2ccccc2)(c2ccccc2)c2cc(N(c4cccc(C#N)c4)c4cccc5c4oc4ccccc45)c4ccccc4c2-3)c2cccc3c2oc2ccccc23)c1. The van der Waals surface area contributed by atoms with Gasteiger partial charge >= 0.3 is 0 Å². The number of hydrogen-bond acceptors (Lipinski definition) is 6. The Balaban J connectivity index is 1.10. The Morgan fingerprint density at radius 1 is 0.342 bits per heavy atom. The van der Waals surface area contributed by atoms with E-state index in [-0.39, 0.29) is 0 Å². The van der Waals surface area contributed by atoms with E-state index < -0.39 is 5.41 Å². The molecular weight excluding hydrogens is 893 g/mol. The molecule has 13 aromatic rings. The van der Waals surface area contributed by atoms with Crippen molar-refractivity contribution in [2.45, 2.75) is 5.41 Å². The standard InChI is InChI=1S/C67H40N4O2/c68-41-43-17-13-23-47(37-43)70(59-31-15-29-54-51-26-9-11-33-62(51)72-65(54)59)49-35-36-56-57(39-49)67(45-19-3-1-4-20-45,46-21-5-2-6-22-46)58-40-61(50-25-7-8-28-53(50)64(56)58)71(48-24-14-18-44(38-48)42-69)60-32-16-30-55-52-27-10-12-34-63(52)73-66(55)60/h1-40H. The number of rotatable bonds is 8. The maximum absolute atomic E-state index is 10.4. The maximum Gasteiger partial charge on any atom is 0.159 e. The average molecular weight is 933 g/mol. The molecule has 340 valence electrons. The summed E-state index contributed by atoms with van der Waals surface area (Å²) in [6.07, 6.45) is 0. The van der Waals surface area contributed by atoms with Crippen molar-refractivity contribution < 1.29 is 8.83 Å². The molecule has 0 unspecified atom stereocenters. The Morgan fingerprint density at radius 3 is 1.38 bits per heavy atom. The second kappa shape index (κ2) is 16.5. The van der Waals surface area contributed by atoms with Crippen LogP contribution in [0.3, 0.4) is 0 Å². The zero-order valence-corrected chi connectivity index (χ0v) is 39.2.